The van der Waals surface area contributed by atoms with E-state index in [0.717, 1.165) is 5.56 Å². The molecule has 0 aliphatic carbocycles. The van der Waals surface area contributed by atoms with Crippen molar-refractivity contribution in [2.45, 2.75) is 13.1 Å². The number of H-pyrrole nitrogens is 1. The van der Waals surface area contributed by atoms with Crippen LogP contribution in [0.15, 0.2) is 52.7 Å². The summed E-state index contributed by atoms with van der Waals surface area (Å²) in [5.74, 6) is -1.75. The molecular weight excluding hydrogens is 359 g/mol. The van der Waals surface area contributed by atoms with Crippen molar-refractivity contribution in [3.05, 3.63) is 53.9 Å². The molecule has 0 radical (unpaired) electrons. The highest BCUT2D eigenvalue weighted by atomic mass is 19.4. The lowest BCUT2D eigenvalue weighted by Crippen LogP contribution is -2.10. The number of alkyl halides is 3. The van der Waals surface area contributed by atoms with Crippen LogP contribution in [0.4, 0.5) is 24.7 Å². The summed E-state index contributed by atoms with van der Waals surface area (Å²) in [4.78, 5) is 9.84. The topological polar surface area (TPSA) is 86.5 Å². The maximum atomic E-state index is 13.1. The molecule has 2 N–H and O–H groups in total. The number of rotatable bonds is 2. The maximum absolute atomic E-state index is 13.1. The number of nitrogens with zero attached hydrogens (tertiary/aromatic N) is 4. The Kier molecular flexibility index (Phi) is 3.79. The van der Waals surface area contributed by atoms with E-state index < -0.39 is 12.0 Å². The highest BCUT2D eigenvalue weighted by Crippen LogP contribution is 2.38. The van der Waals surface area contributed by atoms with E-state index in [-0.39, 0.29) is 22.9 Å². The van der Waals surface area contributed by atoms with E-state index in [1.54, 1.807) is 30.3 Å². The van der Waals surface area contributed by atoms with Gasteiger partial charge in [0.05, 0.1) is 11.0 Å². The Labute approximate surface area is 150 Å². The molecule has 2 heterocycles. The van der Waals surface area contributed by atoms with Crippen LogP contribution in [0.1, 0.15) is 11.4 Å². The first-order valence-corrected chi connectivity index (χ1v) is 7.90. The Hall–Kier alpha value is -3.49. The second kappa shape index (κ2) is 6.04. The number of para-hydroxylation sites is 2. The molecule has 0 amide bonds. The van der Waals surface area contributed by atoms with Gasteiger partial charge in [-0.3, -0.25) is 0 Å². The van der Waals surface area contributed by atoms with Crippen molar-refractivity contribution in [2.24, 2.45) is 10.2 Å². The second-order valence-electron chi connectivity index (χ2n) is 5.91. The molecule has 2 aromatic carbocycles. The first-order valence-electron chi connectivity index (χ1n) is 7.90. The van der Waals surface area contributed by atoms with Crippen molar-refractivity contribution >= 4 is 33.3 Å². The molecule has 0 spiro atoms. The molecule has 4 rings (SSSR count). The highest BCUT2D eigenvalue weighted by molar-refractivity contribution is 5.96. The predicted octanol–water partition coefficient (Wildman–Crippen LogP) is 5.56. The van der Waals surface area contributed by atoms with Gasteiger partial charge in [-0.25, -0.2) is 9.97 Å². The van der Waals surface area contributed by atoms with E-state index in [4.69, 9.17) is 0 Å². The third-order valence-electron chi connectivity index (χ3n) is 4.08. The van der Waals surface area contributed by atoms with Crippen LogP contribution in [0.3, 0.4) is 0 Å². The number of nitrogens with one attached hydrogen (secondary N) is 1. The minimum atomic E-state index is -4.71. The van der Waals surface area contributed by atoms with Crippen LogP contribution in [-0.2, 0) is 6.18 Å². The molecule has 0 aliphatic heterocycles. The summed E-state index contributed by atoms with van der Waals surface area (Å²) in [6, 6.07) is 11.6. The van der Waals surface area contributed by atoms with Crippen LogP contribution < -0.4 is 0 Å². The van der Waals surface area contributed by atoms with Crippen LogP contribution in [0, 0.1) is 6.92 Å². The first kappa shape index (κ1) is 17.0. The van der Waals surface area contributed by atoms with Gasteiger partial charge in [0, 0.05) is 10.8 Å². The summed E-state index contributed by atoms with van der Waals surface area (Å²) in [6.45, 7) is 1.85. The number of aromatic nitrogens is 3. The fourth-order valence-electron chi connectivity index (χ4n) is 2.80. The number of hydrogen-bond donors (Lipinski definition) is 2. The Balaban J connectivity index is 1.89. The molecule has 4 aromatic rings. The van der Waals surface area contributed by atoms with Gasteiger partial charge in [-0.05, 0) is 24.6 Å². The van der Waals surface area contributed by atoms with E-state index in [1.807, 2.05) is 13.0 Å². The molecule has 0 bridgehead atoms. The lowest BCUT2D eigenvalue weighted by molar-refractivity contribution is -0.144. The summed E-state index contributed by atoms with van der Waals surface area (Å²) in [5, 5.41) is 18.9. The minimum Gasteiger partial charge on any atom is -0.493 e. The number of hydrogen-bond acceptors (Lipinski definition) is 5. The van der Waals surface area contributed by atoms with E-state index in [1.165, 1.54) is 6.07 Å². The SMILES string of the molecule is Cc1cccc2c(N=Nc3nc(C(F)(F)F)nc4ccccc34)c(O)[nH]c12. The van der Waals surface area contributed by atoms with Crippen LogP contribution >= 0.6 is 0 Å². The molecule has 9 heteroatoms. The molecule has 0 saturated carbocycles. The molecule has 136 valence electrons. The zero-order chi connectivity index (χ0) is 19.2. The number of aryl methyl sites for hydroxylation is 1. The normalized spacial score (nSPS) is 12.4. The van der Waals surface area contributed by atoms with Crippen molar-refractivity contribution in [1.29, 1.82) is 0 Å². The number of benzene rings is 2. The molecule has 0 fully saturated rings. The fourth-order valence-corrected chi connectivity index (χ4v) is 2.80. The van der Waals surface area contributed by atoms with Crippen molar-refractivity contribution in [2.75, 3.05) is 0 Å². The highest BCUT2D eigenvalue weighted by Gasteiger charge is 2.35. The predicted molar refractivity (Wildman–Crippen MR) is 93.4 cm³/mol. The maximum Gasteiger partial charge on any atom is 0.451 e. The average Bonchev–Trinajstić information content (AvgIpc) is 2.95. The van der Waals surface area contributed by atoms with Gasteiger partial charge in [0.2, 0.25) is 11.7 Å². The van der Waals surface area contributed by atoms with Crippen LogP contribution in [0.2, 0.25) is 0 Å². The van der Waals surface area contributed by atoms with Crippen LogP contribution in [-0.4, -0.2) is 20.1 Å². The third-order valence-corrected chi connectivity index (χ3v) is 4.08. The zero-order valence-corrected chi connectivity index (χ0v) is 13.9. The number of fused-ring (bicyclic) bond motifs is 2. The van der Waals surface area contributed by atoms with Gasteiger partial charge in [-0.1, -0.05) is 30.3 Å². The minimum absolute atomic E-state index is 0.104. The molecule has 6 nitrogen and oxygen atoms in total. The van der Waals surface area contributed by atoms with Gasteiger partial charge in [-0.15, -0.1) is 10.2 Å². The Bertz CT molecular complexity index is 1200. The van der Waals surface area contributed by atoms with Gasteiger partial charge >= 0.3 is 6.18 Å². The van der Waals surface area contributed by atoms with E-state index >= 15 is 0 Å². The number of aromatic hydroxyl groups is 1. The van der Waals surface area contributed by atoms with E-state index in [9.17, 15) is 18.3 Å². The van der Waals surface area contributed by atoms with E-state index in [0.29, 0.717) is 16.3 Å². The summed E-state index contributed by atoms with van der Waals surface area (Å²) in [5.41, 5.74) is 1.79. The number of aromatic amines is 1. The number of halogens is 3. The summed E-state index contributed by atoms with van der Waals surface area (Å²) in [7, 11) is 0. The van der Waals surface area contributed by atoms with Gasteiger partial charge in [0.15, 0.2) is 11.5 Å². The molecule has 0 saturated heterocycles. The Morgan fingerprint density at radius 3 is 2.48 bits per heavy atom. The summed E-state index contributed by atoms with van der Waals surface area (Å²) < 4.78 is 39.3. The molecule has 0 atom stereocenters. The quantitative estimate of drug-likeness (QED) is 0.452. The second-order valence-corrected chi connectivity index (χ2v) is 5.91. The fraction of sp³-hybridized carbons (Fsp3) is 0.111. The first-order chi connectivity index (χ1) is 12.8. The van der Waals surface area contributed by atoms with Crippen LogP contribution in [0.5, 0.6) is 5.88 Å². The van der Waals surface area contributed by atoms with Gasteiger partial charge in [-0.2, -0.15) is 13.2 Å². The standard InChI is InChI=1S/C18H12F3N5O/c1-9-5-4-7-11-13(9)23-16(27)14(11)25-26-15-10-6-2-3-8-12(10)22-17(24-15)18(19,20)21/h2-8,23,27H,1H3. The van der Waals surface area contributed by atoms with Crippen molar-refractivity contribution in [1.82, 2.24) is 15.0 Å². The van der Waals surface area contributed by atoms with Crippen LogP contribution in [0.25, 0.3) is 21.8 Å². The van der Waals surface area contributed by atoms with Crippen molar-refractivity contribution in [3.8, 4) is 5.88 Å². The summed E-state index contributed by atoms with van der Waals surface area (Å²) >= 11 is 0. The smallest absolute Gasteiger partial charge is 0.451 e. The lowest BCUT2D eigenvalue weighted by Gasteiger charge is -2.07. The average molecular weight is 371 g/mol. The van der Waals surface area contributed by atoms with Gasteiger partial charge in [0.25, 0.3) is 0 Å². The molecule has 0 aliphatic rings. The monoisotopic (exact) mass is 371 g/mol. The molecule has 27 heavy (non-hydrogen) atoms. The third kappa shape index (κ3) is 2.97. The zero-order valence-electron chi connectivity index (χ0n) is 13.9. The van der Waals surface area contributed by atoms with Gasteiger partial charge < -0.3 is 10.1 Å². The summed E-state index contributed by atoms with van der Waals surface area (Å²) in [6.07, 6.45) is -4.71. The van der Waals surface area contributed by atoms with Gasteiger partial charge in [0.1, 0.15) is 0 Å². The molecule has 0 unspecified atom stereocenters. The lowest BCUT2D eigenvalue weighted by atomic mass is 10.1. The van der Waals surface area contributed by atoms with Crippen molar-refractivity contribution in [3.63, 3.8) is 0 Å². The molecule has 2 aromatic heterocycles. The Morgan fingerprint density at radius 1 is 0.963 bits per heavy atom. The number of azo groups is 1. The largest absolute Gasteiger partial charge is 0.493 e. The Morgan fingerprint density at radius 2 is 1.70 bits per heavy atom. The van der Waals surface area contributed by atoms with E-state index in [2.05, 4.69) is 25.2 Å². The molecular formula is C18H12F3N5O. The van der Waals surface area contributed by atoms with Crippen molar-refractivity contribution < 1.29 is 18.3 Å².